The van der Waals surface area contributed by atoms with Crippen molar-refractivity contribution in [2.24, 2.45) is 5.92 Å². The molecule has 4 rings (SSSR count). The van der Waals surface area contributed by atoms with E-state index in [2.05, 4.69) is 4.98 Å². The topological polar surface area (TPSA) is 81.0 Å². The molecule has 0 spiro atoms. The molecule has 3 heterocycles. The third-order valence-corrected chi connectivity index (χ3v) is 5.61. The summed E-state index contributed by atoms with van der Waals surface area (Å²) in [6.45, 7) is 2.70. The number of esters is 1. The van der Waals surface area contributed by atoms with Gasteiger partial charge in [-0.1, -0.05) is 17.7 Å². The van der Waals surface area contributed by atoms with E-state index in [1.165, 1.54) is 10.5 Å². The summed E-state index contributed by atoms with van der Waals surface area (Å²) in [4.78, 5) is 43.7. The second-order valence-electron chi connectivity index (χ2n) is 7.73. The summed E-state index contributed by atoms with van der Waals surface area (Å²) in [5.41, 5.74) is 2.16. The molecule has 0 bridgehead atoms. The van der Waals surface area contributed by atoms with Crippen molar-refractivity contribution >= 4 is 29.1 Å². The summed E-state index contributed by atoms with van der Waals surface area (Å²) in [5, 5.41) is 0.564. The van der Waals surface area contributed by atoms with Gasteiger partial charge in [0.2, 0.25) is 0 Å². The van der Waals surface area contributed by atoms with Gasteiger partial charge in [-0.3, -0.25) is 18.8 Å². The Morgan fingerprint density at radius 3 is 2.74 bits per heavy atom. The van der Waals surface area contributed by atoms with Crippen molar-refractivity contribution < 1.29 is 14.3 Å². The van der Waals surface area contributed by atoms with E-state index >= 15 is 0 Å². The fourth-order valence-corrected chi connectivity index (χ4v) is 3.85. The van der Waals surface area contributed by atoms with Crippen molar-refractivity contribution in [3.63, 3.8) is 0 Å². The molecule has 31 heavy (non-hydrogen) atoms. The minimum Gasteiger partial charge on any atom is -0.459 e. The number of pyridine rings is 1. The highest BCUT2D eigenvalue weighted by Crippen LogP contribution is 2.21. The van der Waals surface area contributed by atoms with Crippen molar-refractivity contribution in [3.05, 3.63) is 80.9 Å². The van der Waals surface area contributed by atoms with E-state index in [-0.39, 0.29) is 24.0 Å². The van der Waals surface area contributed by atoms with Gasteiger partial charge in [0.25, 0.3) is 11.5 Å². The van der Waals surface area contributed by atoms with Gasteiger partial charge < -0.3 is 9.64 Å². The molecule has 1 atom stereocenters. The molecule has 0 N–H and O–H groups in total. The van der Waals surface area contributed by atoms with Crippen molar-refractivity contribution in [1.29, 1.82) is 0 Å². The fraction of sp³-hybridized carbons (Fsp3) is 0.304. The molecular formula is C23H22ClN3O4. The van der Waals surface area contributed by atoms with E-state index in [1.54, 1.807) is 41.4 Å². The molecule has 0 saturated carbocycles. The van der Waals surface area contributed by atoms with Gasteiger partial charge in [0.05, 0.1) is 11.6 Å². The molecule has 1 aromatic carbocycles. The van der Waals surface area contributed by atoms with Crippen LogP contribution in [0.3, 0.4) is 0 Å². The number of fused-ring (bicyclic) bond motifs is 1. The predicted molar refractivity (Wildman–Crippen MR) is 116 cm³/mol. The van der Waals surface area contributed by atoms with Crippen molar-refractivity contribution in [2.75, 3.05) is 13.1 Å². The SMILES string of the molecule is Cc1ccc2nc(COC(=O)[C@H]3CCCN(C(=O)c4ccc(Cl)cc4)C3)cc(=O)n2c1. The number of aromatic nitrogens is 2. The highest BCUT2D eigenvalue weighted by atomic mass is 35.5. The first-order chi connectivity index (χ1) is 14.9. The van der Waals surface area contributed by atoms with E-state index < -0.39 is 5.92 Å². The average Bonchev–Trinajstić information content (AvgIpc) is 2.78. The summed E-state index contributed by atoms with van der Waals surface area (Å²) >= 11 is 5.89. The number of ether oxygens (including phenoxy) is 1. The van der Waals surface area contributed by atoms with Gasteiger partial charge in [0, 0.05) is 35.9 Å². The van der Waals surface area contributed by atoms with Crippen LogP contribution in [0.2, 0.25) is 5.02 Å². The lowest BCUT2D eigenvalue weighted by Crippen LogP contribution is -2.42. The molecule has 3 aromatic rings. The number of hydrogen-bond donors (Lipinski definition) is 0. The zero-order valence-electron chi connectivity index (χ0n) is 17.1. The van der Waals surface area contributed by atoms with E-state index in [0.29, 0.717) is 47.9 Å². The Bertz CT molecular complexity index is 1190. The minimum atomic E-state index is -0.408. The van der Waals surface area contributed by atoms with Crippen LogP contribution in [0, 0.1) is 12.8 Å². The molecule has 1 aliphatic rings. The zero-order valence-corrected chi connectivity index (χ0v) is 17.8. The molecule has 1 amide bonds. The summed E-state index contributed by atoms with van der Waals surface area (Å²) in [5.74, 6) is -0.928. The number of likely N-dealkylation sites (tertiary alicyclic amines) is 1. The Morgan fingerprint density at radius 1 is 1.19 bits per heavy atom. The fourth-order valence-electron chi connectivity index (χ4n) is 3.72. The molecule has 0 unspecified atom stereocenters. The lowest BCUT2D eigenvalue weighted by molar-refractivity contribution is -0.151. The lowest BCUT2D eigenvalue weighted by atomic mass is 9.97. The van der Waals surface area contributed by atoms with Crippen LogP contribution in [0.4, 0.5) is 0 Å². The number of rotatable bonds is 4. The Hall–Kier alpha value is -3.19. The molecule has 1 aliphatic heterocycles. The van der Waals surface area contributed by atoms with Gasteiger partial charge in [0.1, 0.15) is 12.3 Å². The number of nitrogens with zero attached hydrogens (tertiary/aromatic N) is 3. The van der Waals surface area contributed by atoms with Crippen LogP contribution in [0.1, 0.15) is 34.5 Å². The maximum atomic E-state index is 12.7. The number of benzene rings is 1. The Balaban J connectivity index is 1.40. The van der Waals surface area contributed by atoms with Crippen molar-refractivity contribution in [3.8, 4) is 0 Å². The maximum absolute atomic E-state index is 12.7. The molecule has 0 aliphatic carbocycles. The normalized spacial score (nSPS) is 16.3. The largest absolute Gasteiger partial charge is 0.459 e. The molecule has 8 heteroatoms. The molecule has 1 saturated heterocycles. The molecule has 2 aromatic heterocycles. The summed E-state index contributed by atoms with van der Waals surface area (Å²) < 4.78 is 6.90. The van der Waals surface area contributed by atoms with E-state index in [0.717, 1.165) is 5.56 Å². The maximum Gasteiger partial charge on any atom is 0.311 e. The number of aryl methyl sites for hydroxylation is 1. The second kappa shape index (κ2) is 8.89. The minimum absolute atomic E-state index is 0.0833. The van der Waals surface area contributed by atoms with Crippen LogP contribution in [-0.2, 0) is 16.1 Å². The highest BCUT2D eigenvalue weighted by molar-refractivity contribution is 6.30. The standard InChI is InChI=1S/C23H22ClN3O4/c1-15-4-9-20-25-19(11-21(28)27(20)12-15)14-31-23(30)17-3-2-10-26(13-17)22(29)16-5-7-18(24)8-6-16/h4-9,11-12,17H,2-3,10,13-14H2,1H3/t17-/m0/s1. The lowest BCUT2D eigenvalue weighted by Gasteiger charge is -2.31. The van der Waals surface area contributed by atoms with Gasteiger partial charge in [-0.25, -0.2) is 4.98 Å². The average molecular weight is 440 g/mol. The number of amides is 1. The van der Waals surface area contributed by atoms with Crippen molar-refractivity contribution in [2.45, 2.75) is 26.4 Å². The molecule has 7 nitrogen and oxygen atoms in total. The number of halogens is 1. The third kappa shape index (κ3) is 4.77. The number of carbonyl (C=O) groups is 2. The number of hydrogen-bond acceptors (Lipinski definition) is 5. The second-order valence-corrected chi connectivity index (χ2v) is 8.16. The van der Waals surface area contributed by atoms with Gasteiger partial charge >= 0.3 is 5.97 Å². The Kier molecular flexibility index (Phi) is 6.04. The molecular weight excluding hydrogens is 418 g/mol. The van der Waals surface area contributed by atoms with Gasteiger partial charge in [-0.05, 0) is 55.7 Å². The molecule has 1 fully saturated rings. The van der Waals surface area contributed by atoms with Gasteiger partial charge in [0.15, 0.2) is 0 Å². The van der Waals surface area contributed by atoms with E-state index in [4.69, 9.17) is 16.3 Å². The molecule has 0 radical (unpaired) electrons. The quantitative estimate of drug-likeness (QED) is 0.583. The monoisotopic (exact) mass is 439 g/mol. The number of carbonyl (C=O) groups excluding carboxylic acids is 2. The first-order valence-electron chi connectivity index (χ1n) is 10.1. The van der Waals surface area contributed by atoms with Crippen LogP contribution in [0.5, 0.6) is 0 Å². The first-order valence-corrected chi connectivity index (χ1v) is 10.5. The molecule has 160 valence electrons. The Labute approximate surface area is 184 Å². The van der Waals surface area contributed by atoms with Crippen LogP contribution < -0.4 is 5.56 Å². The van der Waals surface area contributed by atoms with Crippen LogP contribution in [0.25, 0.3) is 5.65 Å². The van der Waals surface area contributed by atoms with Crippen molar-refractivity contribution in [1.82, 2.24) is 14.3 Å². The van der Waals surface area contributed by atoms with Gasteiger partial charge in [-0.2, -0.15) is 0 Å². The van der Waals surface area contributed by atoms with Crippen LogP contribution in [-0.4, -0.2) is 39.3 Å². The van der Waals surface area contributed by atoms with E-state index in [1.807, 2.05) is 13.0 Å². The zero-order chi connectivity index (χ0) is 22.0. The summed E-state index contributed by atoms with van der Waals surface area (Å²) in [7, 11) is 0. The van der Waals surface area contributed by atoms with Gasteiger partial charge in [-0.15, -0.1) is 0 Å². The smallest absolute Gasteiger partial charge is 0.311 e. The van der Waals surface area contributed by atoms with Crippen LogP contribution >= 0.6 is 11.6 Å². The summed E-state index contributed by atoms with van der Waals surface area (Å²) in [6, 6.07) is 11.7. The van der Waals surface area contributed by atoms with E-state index in [9.17, 15) is 14.4 Å². The predicted octanol–water partition coefficient (Wildman–Crippen LogP) is 3.25. The third-order valence-electron chi connectivity index (χ3n) is 5.36. The summed E-state index contributed by atoms with van der Waals surface area (Å²) in [6.07, 6.45) is 3.08. The number of piperidine rings is 1. The Morgan fingerprint density at radius 2 is 1.97 bits per heavy atom. The first kappa shape index (κ1) is 21.1. The highest BCUT2D eigenvalue weighted by Gasteiger charge is 2.30. The van der Waals surface area contributed by atoms with Crippen LogP contribution in [0.15, 0.2) is 53.5 Å².